The van der Waals surface area contributed by atoms with Gasteiger partial charge < -0.3 is 14.8 Å². The molecule has 0 amide bonds. The van der Waals surface area contributed by atoms with Gasteiger partial charge in [-0.1, -0.05) is 36.8 Å². The highest BCUT2D eigenvalue weighted by molar-refractivity contribution is 5.15. The highest BCUT2D eigenvalue weighted by Crippen LogP contribution is 2.15. The molecule has 1 atom stereocenters. The molecule has 1 aromatic carbocycles. The second kappa shape index (κ2) is 11.9. The first-order chi connectivity index (χ1) is 9.86. The van der Waals surface area contributed by atoms with E-state index in [9.17, 15) is 0 Å². The van der Waals surface area contributed by atoms with E-state index in [1.54, 1.807) is 14.2 Å². The molecule has 0 fully saturated rings. The van der Waals surface area contributed by atoms with E-state index in [4.69, 9.17) is 9.47 Å². The average Bonchev–Trinajstić information content (AvgIpc) is 2.49. The summed E-state index contributed by atoms with van der Waals surface area (Å²) in [6.07, 6.45) is 4.78. The lowest BCUT2D eigenvalue weighted by Crippen LogP contribution is -2.27. The maximum Gasteiger partial charge on any atom is 0.0587 e. The molecule has 20 heavy (non-hydrogen) atoms. The van der Waals surface area contributed by atoms with Crippen LogP contribution in [0.15, 0.2) is 30.3 Å². The fourth-order valence-electron chi connectivity index (χ4n) is 2.38. The Balaban J connectivity index is 2.33. The first kappa shape index (κ1) is 17.2. The Hall–Kier alpha value is -0.900. The third-order valence-electron chi connectivity index (χ3n) is 3.49. The van der Waals surface area contributed by atoms with Crippen molar-refractivity contribution in [1.82, 2.24) is 5.32 Å². The van der Waals surface area contributed by atoms with E-state index in [0.29, 0.717) is 5.92 Å². The summed E-state index contributed by atoms with van der Waals surface area (Å²) in [5.41, 5.74) is 1.43. The first-order valence-corrected chi connectivity index (χ1v) is 7.59. The molecule has 0 saturated heterocycles. The molecule has 0 heterocycles. The molecular formula is C17H29NO2. The Morgan fingerprint density at radius 2 is 1.75 bits per heavy atom. The fraction of sp³-hybridized carbons (Fsp3) is 0.647. The van der Waals surface area contributed by atoms with E-state index in [0.717, 1.165) is 39.1 Å². The summed E-state index contributed by atoms with van der Waals surface area (Å²) in [5.74, 6) is 0.686. The van der Waals surface area contributed by atoms with Crippen LogP contribution < -0.4 is 5.32 Å². The van der Waals surface area contributed by atoms with Gasteiger partial charge in [0.15, 0.2) is 0 Å². The molecule has 1 N–H and O–H groups in total. The monoisotopic (exact) mass is 279 g/mol. The van der Waals surface area contributed by atoms with Gasteiger partial charge >= 0.3 is 0 Å². The summed E-state index contributed by atoms with van der Waals surface area (Å²) < 4.78 is 10.2. The van der Waals surface area contributed by atoms with E-state index >= 15 is 0 Å². The number of benzene rings is 1. The maximum atomic E-state index is 5.12. The molecule has 1 aromatic rings. The number of ether oxygens (including phenoxy) is 2. The first-order valence-electron chi connectivity index (χ1n) is 7.59. The lowest BCUT2D eigenvalue weighted by Gasteiger charge is -2.18. The molecule has 0 radical (unpaired) electrons. The van der Waals surface area contributed by atoms with E-state index in [1.165, 1.54) is 18.4 Å². The molecular weight excluding hydrogens is 250 g/mol. The molecule has 0 spiro atoms. The molecule has 0 bridgehead atoms. The minimum absolute atomic E-state index is 0.686. The quantitative estimate of drug-likeness (QED) is 0.597. The average molecular weight is 279 g/mol. The number of hydrogen-bond acceptors (Lipinski definition) is 3. The summed E-state index contributed by atoms with van der Waals surface area (Å²) in [5, 5.41) is 3.49. The van der Waals surface area contributed by atoms with Crippen LogP contribution in [0.25, 0.3) is 0 Å². The third kappa shape index (κ3) is 8.31. The van der Waals surface area contributed by atoms with Crippen molar-refractivity contribution in [3.63, 3.8) is 0 Å². The van der Waals surface area contributed by atoms with Crippen molar-refractivity contribution in [1.29, 1.82) is 0 Å². The van der Waals surface area contributed by atoms with Crippen LogP contribution in [0.4, 0.5) is 0 Å². The van der Waals surface area contributed by atoms with Crippen molar-refractivity contribution < 1.29 is 9.47 Å². The lowest BCUT2D eigenvalue weighted by atomic mass is 9.94. The van der Waals surface area contributed by atoms with E-state index in [-0.39, 0.29) is 0 Å². The molecule has 0 aliphatic heterocycles. The highest BCUT2D eigenvalue weighted by Gasteiger charge is 2.09. The highest BCUT2D eigenvalue weighted by atomic mass is 16.5. The zero-order valence-corrected chi connectivity index (χ0v) is 12.9. The standard InChI is InChI=1S/C17H29NO2/c1-19-12-7-6-10-17(15-18-11-13-20-2)14-16-8-4-3-5-9-16/h3-5,8-9,17-18H,6-7,10-15H2,1-2H3. The Morgan fingerprint density at radius 1 is 1.00 bits per heavy atom. The summed E-state index contributed by atoms with van der Waals surface area (Å²) in [6.45, 7) is 3.64. The molecule has 0 aliphatic rings. The van der Waals surface area contributed by atoms with Gasteiger partial charge in [0.05, 0.1) is 6.61 Å². The van der Waals surface area contributed by atoms with Crippen LogP contribution >= 0.6 is 0 Å². The van der Waals surface area contributed by atoms with Gasteiger partial charge in [-0.2, -0.15) is 0 Å². The number of rotatable bonds is 12. The molecule has 1 rings (SSSR count). The van der Waals surface area contributed by atoms with Crippen LogP contribution in [0, 0.1) is 5.92 Å². The van der Waals surface area contributed by atoms with Gasteiger partial charge in [0.25, 0.3) is 0 Å². The summed E-state index contributed by atoms with van der Waals surface area (Å²) >= 11 is 0. The topological polar surface area (TPSA) is 30.5 Å². The summed E-state index contributed by atoms with van der Waals surface area (Å²) in [4.78, 5) is 0. The maximum absolute atomic E-state index is 5.12. The van der Waals surface area contributed by atoms with Crippen molar-refractivity contribution >= 4 is 0 Å². The smallest absolute Gasteiger partial charge is 0.0587 e. The van der Waals surface area contributed by atoms with Gasteiger partial charge in [0.2, 0.25) is 0 Å². The second-order valence-electron chi connectivity index (χ2n) is 5.24. The molecule has 1 unspecified atom stereocenters. The van der Waals surface area contributed by atoms with E-state index < -0.39 is 0 Å². The number of nitrogens with one attached hydrogen (secondary N) is 1. The second-order valence-corrected chi connectivity index (χ2v) is 5.24. The molecule has 114 valence electrons. The van der Waals surface area contributed by atoms with Gasteiger partial charge in [0, 0.05) is 27.4 Å². The number of unbranched alkanes of at least 4 members (excludes halogenated alkanes) is 1. The minimum Gasteiger partial charge on any atom is -0.385 e. The predicted molar refractivity (Wildman–Crippen MR) is 84.1 cm³/mol. The van der Waals surface area contributed by atoms with Crippen LogP contribution in [0.5, 0.6) is 0 Å². The zero-order chi connectivity index (χ0) is 14.5. The predicted octanol–water partition coefficient (Wildman–Crippen LogP) is 2.90. The molecule has 0 aliphatic carbocycles. The SMILES string of the molecule is COCCCCC(CNCCOC)Cc1ccccc1. The van der Waals surface area contributed by atoms with Crippen molar-refractivity contribution in [2.45, 2.75) is 25.7 Å². The van der Waals surface area contributed by atoms with Gasteiger partial charge in [-0.25, -0.2) is 0 Å². The Bertz CT molecular complexity index is 304. The van der Waals surface area contributed by atoms with Crippen LogP contribution in [0.2, 0.25) is 0 Å². The van der Waals surface area contributed by atoms with Crippen LogP contribution in [-0.2, 0) is 15.9 Å². The number of methoxy groups -OCH3 is 2. The third-order valence-corrected chi connectivity index (χ3v) is 3.49. The largest absolute Gasteiger partial charge is 0.385 e. The van der Waals surface area contributed by atoms with Gasteiger partial charge in [-0.15, -0.1) is 0 Å². The van der Waals surface area contributed by atoms with Crippen molar-refractivity contribution in [3.8, 4) is 0 Å². The van der Waals surface area contributed by atoms with Gasteiger partial charge in [0.1, 0.15) is 0 Å². The van der Waals surface area contributed by atoms with Crippen LogP contribution in [0.1, 0.15) is 24.8 Å². The lowest BCUT2D eigenvalue weighted by molar-refractivity contribution is 0.188. The Morgan fingerprint density at radius 3 is 2.45 bits per heavy atom. The van der Waals surface area contributed by atoms with Crippen molar-refractivity contribution in [2.24, 2.45) is 5.92 Å². The summed E-state index contributed by atoms with van der Waals surface area (Å²) in [6, 6.07) is 10.8. The normalized spacial score (nSPS) is 12.5. The van der Waals surface area contributed by atoms with Crippen LogP contribution in [0.3, 0.4) is 0 Å². The molecule has 0 saturated carbocycles. The van der Waals surface area contributed by atoms with Crippen LogP contribution in [-0.4, -0.2) is 40.5 Å². The van der Waals surface area contributed by atoms with Gasteiger partial charge in [-0.05, 0) is 37.3 Å². The van der Waals surface area contributed by atoms with E-state index in [2.05, 4.69) is 35.6 Å². The molecule has 3 nitrogen and oxygen atoms in total. The zero-order valence-electron chi connectivity index (χ0n) is 12.9. The Labute approximate surface area is 123 Å². The molecule has 3 heteroatoms. The van der Waals surface area contributed by atoms with Crippen molar-refractivity contribution in [2.75, 3.05) is 40.5 Å². The number of hydrogen-bond donors (Lipinski definition) is 1. The summed E-state index contributed by atoms with van der Waals surface area (Å²) in [7, 11) is 3.52. The van der Waals surface area contributed by atoms with Gasteiger partial charge in [-0.3, -0.25) is 0 Å². The van der Waals surface area contributed by atoms with Crippen molar-refractivity contribution in [3.05, 3.63) is 35.9 Å². The fourth-order valence-corrected chi connectivity index (χ4v) is 2.38. The molecule has 0 aromatic heterocycles. The minimum atomic E-state index is 0.686. The Kier molecular flexibility index (Phi) is 10.2. The van der Waals surface area contributed by atoms with E-state index in [1.807, 2.05) is 0 Å².